The van der Waals surface area contributed by atoms with E-state index in [-0.39, 0.29) is 38.6 Å². The summed E-state index contributed by atoms with van der Waals surface area (Å²) in [6.45, 7) is 4.65. The molecule has 0 bridgehead atoms. The standard InChI is InChI=1S/C76H133NO8/c1-6-8-10-12-14-16-18-20-22-24-26-28-29-30-31-32-33-34-35-36-37-38-39-40-41-42-43-44-45-47-49-51-53-55-57-59-61-63-65-67-74(79)85-72(71-84-76(75(80)81)82-69-68-77(3,4)5)70-83-73(78)66-64-62-60-58-56-54-52-50-48-46-27-25-23-21-19-17-15-13-11-9-7-2/h8,10,14,16,19-22,25-28,30-31,33-34,72,76H,6-7,9,11-13,15,17-18,23-24,29,32,35-71H2,1-5H3/b10-8-,16-14-,21-19-,22-20-,27-25-,28-26-,31-30-,34-33-. The van der Waals surface area contributed by atoms with Crippen molar-refractivity contribution in [2.75, 3.05) is 47.5 Å². The summed E-state index contributed by atoms with van der Waals surface area (Å²) in [5.41, 5.74) is 0. The SMILES string of the molecule is CC/C=C\C/C=C\C/C=C\C/C=C\C/C=C\C/C=C\CCCCCCCCCCCCCCCCCCCCCCC(=O)OC(COC(=O)CCCCCCCCCCC/C=C\C/C=C\CCCCCCC)COC(OCC[N+](C)(C)C)C(=O)[O-]. The normalized spacial score (nSPS) is 13.3. The molecule has 2 unspecified atom stereocenters. The fourth-order valence-corrected chi connectivity index (χ4v) is 9.93. The van der Waals surface area contributed by atoms with Gasteiger partial charge in [-0.2, -0.15) is 0 Å². The minimum Gasteiger partial charge on any atom is -0.545 e. The van der Waals surface area contributed by atoms with E-state index in [0.29, 0.717) is 17.4 Å². The Kier molecular flexibility index (Phi) is 63.2. The highest BCUT2D eigenvalue weighted by molar-refractivity contribution is 5.70. The van der Waals surface area contributed by atoms with E-state index in [4.69, 9.17) is 18.9 Å². The van der Waals surface area contributed by atoms with Crippen molar-refractivity contribution in [2.45, 2.75) is 322 Å². The van der Waals surface area contributed by atoms with Crippen LogP contribution in [0, 0.1) is 0 Å². The first kappa shape index (κ1) is 81.2. The third kappa shape index (κ3) is 67.6. The minimum atomic E-state index is -1.62. The third-order valence-electron chi connectivity index (χ3n) is 15.3. The fraction of sp³-hybridized carbons (Fsp3) is 0.750. The Balaban J connectivity index is 4.04. The molecule has 9 nitrogen and oxygen atoms in total. The van der Waals surface area contributed by atoms with Gasteiger partial charge >= 0.3 is 11.9 Å². The number of rotatable bonds is 65. The lowest BCUT2D eigenvalue weighted by molar-refractivity contribution is -0.870. The van der Waals surface area contributed by atoms with Crippen LogP contribution in [0.1, 0.15) is 309 Å². The topological polar surface area (TPSA) is 111 Å². The molecule has 0 aromatic rings. The summed E-state index contributed by atoms with van der Waals surface area (Å²) >= 11 is 0. The number of ether oxygens (including phenoxy) is 4. The van der Waals surface area contributed by atoms with Gasteiger partial charge in [-0.25, -0.2) is 0 Å². The zero-order valence-electron chi connectivity index (χ0n) is 56.0. The number of carboxylic acid groups (broad SMARTS) is 1. The average molecular weight is 1190 g/mol. The van der Waals surface area contributed by atoms with Crippen molar-refractivity contribution in [3.8, 4) is 0 Å². The molecule has 9 heteroatoms. The van der Waals surface area contributed by atoms with Gasteiger partial charge in [0.05, 0.1) is 40.3 Å². The molecule has 0 saturated carbocycles. The summed E-state index contributed by atoms with van der Waals surface area (Å²) < 4.78 is 22.8. The van der Waals surface area contributed by atoms with Crippen LogP contribution in [0.15, 0.2) is 97.2 Å². The van der Waals surface area contributed by atoms with Gasteiger partial charge in [0.15, 0.2) is 12.4 Å². The smallest absolute Gasteiger partial charge is 0.306 e. The molecule has 0 radical (unpaired) electrons. The number of allylic oxidation sites excluding steroid dienone is 16. The number of hydrogen-bond donors (Lipinski definition) is 0. The van der Waals surface area contributed by atoms with E-state index in [9.17, 15) is 19.5 Å². The van der Waals surface area contributed by atoms with Crippen LogP contribution in [0.25, 0.3) is 0 Å². The maximum Gasteiger partial charge on any atom is 0.306 e. The van der Waals surface area contributed by atoms with Crippen LogP contribution in [-0.2, 0) is 33.3 Å². The van der Waals surface area contributed by atoms with Crippen LogP contribution in [0.3, 0.4) is 0 Å². The number of carbonyl (C=O) groups is 3. The number of unbranched alkanes of at least 4 members (excludes halogenated alkanes) is 34. The molecular weight excluding hydrogens is 1050 g/mol. The number of likely N-dealkylation sites (N-methyl/N-ethyl adjacent to an activating group) is 1. The fourth-order valence-electron chi connectivity index (χ4n) is 9.93. The number of quaternary nitrogens is 1. The molecule has 85 heavy (non-hydrogen) atoms. The Hall–Kier alpha value is -3.79. The molecule has 0 aromatic carbocycles. The Morgan fingerprint density at radius 3 is 1.00 bits per heavy atom. The van der Waals surface area contributed by atoms with Crippen LogP contribution < -0.4 is 5.11 Å². The largest absolute Gasteiger partial charge is 0.545 e. The average Bonchev–Trinajstić information content (AvgIpc) is 3.49. The Morgan fingerprint density at radius 1 is 0.365 bits per heavy atom. The van der Waals surface area contributed by atoms with E-state index in [2.05, 4.69) is 111 Å². The van der Waals surface area contributed by atoms with Gasteiger partial charge in [-0.05, 0) is 96.3 Å². The first-order valence-corrected chi connectivity index (χ1v) is 35.4. The van der Waals surface area contributed by atoms with Gasteiger partial charge in [-0.1, -0.05) is 297 Å². The van der Waals surface area contributed by atoms with E-state index in [1.54, 1.807) is 0 Å². The zero-order valence-corrected chi connectivity index (χ0v) is 56.0. The van der Waals surface area contributed by atoms with Crippen molar-refractivity contribution in [1.82, 2.24) is 0 Å². The number of nitrogens with zero attached hydrogens (tertiary/aromatic N) is 1. The molecule has 0 aliphatic carbocycles. The van der Waals surface area contributed by atoms with Crippen LogP contribution in [0.5, 0.6) is 0 Å². The maximum absolute atomic E-state index is 12.9. The number of carbonyl (C=O) groups excluding carboxylic acids is 3. The Labute approximate surface area is 524 Å². The second kappa shape index (κ2) is 66.2. The monoisotopic (exact) mass is 1190 g/mol. The van der Waals surface area contributed by atoms with E-state index < -0.39 is 24.3 Å². The highest BCUT2D eigenvalue weighted by Crippen LogP contribution is 2.17. The molecule has 0 fully saturated rings. The summed E-state index contributed by atoms with van der Waals surface area (Å²) in [5, 5.41) is 11.8. The molecular formula is C76H133NO8. The maximum atomic E-state index is 12.9. The molecule has 0 saturated heterocycles. The predicted octanol–water partition coefficient (Wildman–Crippen LogP) is 20.7. The van der Waals surface area contributed by atoms with Gasteiger partial charge in [0.1, 0.15) is 13.2 Å². The second-order valence-electron chi connectivity index (χ2n) is 24.8. The van der Waals surface area contributed by atoms with E-state index in [1.165, 1.54) is 199 Å². The van der Waals surface area contributed by atoms with E-state index in [0.717, 1.165) is 77.0 Å². The molecule has 0 aliphatic heterocycles. The van der Waals surface area contributed by atoms with Gasteiger partial charge in [0.2, 0.25) is 0 Å². The highest BCUT2D eigenvalue weighted by Gasteiger charge is 2.22. The van der Waals surface area contributed by atoms with Crippen molar-refractivity contribution in [3.63, 3.8) is 0 Å². The third-order valence-corrected chi connectivity index (χ3v) is 15.3. The first-order valence-electron chi connectivity index (χ1n) is 35.4. The molecule has 0 spiro atoms. The summed E-state index contributed by atoms with van der Waals surface area (Å²) in [6.07, 6.45) is 87.8. The Bertz CT molecular complexity index is 1720. The molecule has 0 heterocycles. The molecule has 0 aliphatic rings. The van der Waals surface area contributed by atoms with Crippen molar-refractivity contribution in [1.29, 1.82) is 0 Å². The van der Waals surface area contributed by atoms with Crippen molar-refractivity contribution in [3.05, 3.63) is 97.2 Å². The summed E-state index contributed by atoms with van der Waals surface area (Å²) in [5.74, 6) is -2.28. The van der Waals surface area contributed by atoms with E-state index in [1.807, 2.05) is 21.1 Å². The van der Waals surface area contributed by atoms with E-state index >= 15 is 0 Å². The van der Waals surface area contributed by atoms with Crippen molar-refractivity contribution >= 4 is 17.9 Å². The molecule has 0 aromatic heterocycles. The molecule has 490 valence electrons. The number of carboxylic acids is 1. The molecule has 0 amide bonds. The van der Waals surface area contributed by atoms with Crippen LogP contribution >= 0.6 is 0 Å². The quantitative estimate of drug-likeness (QED) is 0.0195. The number of aliphatic carboxylic acids is 1. The summed E-state index contributed by atoms with van der Waals surface area (Å²) in [7, 11) is 5.93. The Morgan fingerprint density at radius 2 is 0.671 bits per heavy atom. The summed E-state index contributed by atoms with van der Waals surface area (Å²) in [4.78, 5) is 37.5. The van der Waals surface area contributed by atoms with Crippen LogP contribution in [0.4, 0.5) is 0 Å². The predicted molar refractivity (Wildman–Crippen MR) is 361 cm³/mol. The lowest BCUT2D eigenvalue weighted by Gasteiger charge is -2.26. The van der Waals surface area contributed by atoms with Gasteiger partial charge in [0, 0.05) is 12.8 Å². The molecule has 0 rings (SSSR count). The lowest BCUT2D eigenvalue weighted by atomic mass is 10.0. The van der Waals surface area contributed by atoms with Crippen molar-refractivity contribution in [2.24, 2.45) is 0 Å². The first-order chi connectivity index (χ1) is 41.6. The lowest BCUT2D eigenvalue weighted by Crippen LogP contribution is -2.44. The van der Waals surface area contributed by atoms with Crippen LogP contribution in [0.2, 0.25) is 0 Å². The molecule has 0 N–H and O–H groups in total. The van der Waals surface area contributed by atoms with Gasteiger partial charge < -0.3 is 33.3 Å². The summed E-state index contributed by atoms with van der Waals surface area (Å²) in [6, 6.07) is 0. The highest BCUT2D eigenvalue weighted by atomic mass is 16.7. The van der Waals surface area contributed by atoms with Crippen molar-refractivity contribution < 1.29 is 42.9 Å². The van der Waals surface area contributed by atoms with Gasteiger partial charge in [-0.3, -0.25) is 9.59 Å². The zero-order chi connectivity index (χ0) is 61.9. The number of esters is 2. The number of hydrogen-bond acceptors (Lipinski definition) is 8. The van der Waals surface area contributed by atoms with Gasteiger partial charge in [0.25, 0.3) is 0 Å². The minimum absolute atomic E-state index is 0.146. The second-order valence-corrected chi connectivity index (χ2v) is 24.8. The van der Waals surface area contributed by atoms with Crippen LogP contribution in [-0.4, -0.2) is 82.3 Å². The molecule has 2 atom stereocenters. The van der Waals surface area contributed by atoms with Gasteiger partial charge in [-0.15, -0.1) is 0 Å².